The molecule has 0 spiro atoms. The molecule has 0 amide bonds. The van der Waals surface area contributed by atoms with E-state index in [9.17, 15) is 13.2 Å². The highest BCUT2D eigenvalue weighted by Gasteiger charge is 2.33. The third kappa shape index (κ3) is 3.07. The van der Waals surface area contributed by atoms with Gasteiger partial charge in [-0.05, 0) is 45.9 Å². The molecule has 142 valence electrons. The topological polar surface area (TPSA) is 73.5 Å². The van der Waals surface area contributed by atoms with Crippen molar-refractivity contribution >= 4 is 16.0 Å². The Morgan fingerprint density at radius 2 is 2.04 bits per heavy atom. The second-order valence-electron chi connectivity index (χ2n) is 6.69. The molecule has 1 aliphatic rings. The van der Waals surface area contributed by atoms with Gasteiger partial charge >= 0.3 is 5.97 Å². The number of hydrogen-bond acceptors (Lipinski definition) is 4. The fourth-order valence-electron chi connectivity index (χ4n) is 3.52. The van der Waals surface area contributed by atoms with E-state index >= 15 is 0 Å². The van der Waals surface area contributed by atoms with Crippen LogP contribution in [0.4, 0.5) is 0 Å². The van der Waals surface area contributed by atoms with Gasteiger partial charge in [0, 0.05) is 36.7 Å². The molecule has 1 aliphatic heterocycles. The Labute approximate surface area is 154 Å². The van der Waals surface area contributed by atoms with E-state index in [1.54, 1.807) is 18.4 Å². The van der Waals surface area contributed by atoms with Gasteiger partial charge in [0.05, 0.1) is 13.2 Å². The first kappa shape index (κ1) is 18.7. The van der Waals surface area contributed by atoms with Gasteiger partial charge in [0.15, 0.2) is 0 Å². The minimum absolute atomic E-state index is 0.0584. The molecule has 3 heterocycles. The third-order valence-corrected chi connectivity index (χ3v) is 6.68. The molecular formula is C18H25N3O4S. The molecule has 26 heavy (non-hydrogen) atoms. The summed E-state index contributed by atoms with van der Waals surface area (Å²) in [6, 6.07) is 5.25. The summed E-state index contributed by atoms with van der Waals surface area (Å²) in [5.74, 6) is -0.502. The second-order valence-corrected chi connectivity index (χ2v) is 8.60. The van der Waals surface area contributed by atoms with Gasteiger partial charge in [-0.25, -0.2) is 13.2 Å². The number of ether oxygens (including phenoxy) is 1. The zero-order chi connectivity index (χ0) is 19.1. The average molecular weight is 379 g/mol. The number of carbonyl (C=O) groups is 1. The van der Waals surface area contributed by atoms with Crippen LogP contribution in [0.25, 0.3) is 0 Å². The zero-order valence-electron chi connectivity index (χ0n) is 15.6. The first-order chi connectivity index (χ1) is 12.3. The van der Waals surface area contributed by atoms with Crippen LogP contribution < -0.4 is 0 Å². The van der Waals surface area contributed by atoms with Gasteiger partial charge in [-0.1, -0.05) is 0 Å². The van der Waals surface area contributed by atoms with Crippen molar-refractivity contribution in [2.75, 3.05) is 13.2 Å². The summed E-state index contributed by atoms with van der Waals surface area (Å²) in [5.41, 5.74) is 1.80. The van der Waals surface area contributed by atoms with Gasteiger partial charge in [0.1, 0.15) is 10.6 Å². The van der Waals surface area contributed by atoms with E-state index in [1.165, 1.54) is 10.4 Å². The smallest absolute Gasteiger partial charge is 0.354 e. The van der Waals surface area contributed by atoms with Crippen molar-refractivity contribution in [1.82, 2.24) is 13.4 Å². The highest BCUT2D eigenvalue weighted by Crippen LogP contribution is 2.29. The van der Waals surface area contributed by atoms with E-state index in [0.29, 0.717) is 25.3 Å². The first-order valence-electron chi connectivity index (χ1n) is 8.80. The lowest BCUT2D eigenvalue weighted by Crippen LogP contribution is -2.38. The first-order valence-corrected chi connectivity index (χ1v) is 10.2. The maximum Gasteiger partial charge on any atom is 0.354 e. The average Bonchev–Trinajstić information content (AvgIpc) is 3.18. The zero-order valence-corrected chi connectivity index (χ0v) is 16.4. The monoisotopic (exact) mass is 379 g/mol. The van der Waals surface area contributed by atoms with E-state index < -0.39 is 16.0 Å². The highest BCUT2D eigenvalue weighted by molar-refractivity contribution is 7.89. The maximum absolute atomic E-state index is 13.3. The van der Waals surface area contributed by atoms with Crippen LogP contribution in [0.1, 0.15) is 48.7 Å². The van der Waals surface area contributed by atoms with Crippen LogP contribution in [0, 0.1) is 6.92 Å². The Balaban J connectivity index is 2.03. The number of esters is 1. The van der Waals surface area contributed by atoms with Crippen molar-refractivity contribution in [2.45, 2.75) is 51.7 Å². The molecule has 2 aromatic heterocycles. The predicted octanol–water partition coefficient (Wildman–Crippen LogP) is 2.56. The largest absolute Gasteiger partial charge is 0.461 e. The molecule has 8 heteroatoms. The molecule has 0 aromatic carbocycles. The van der Waals surface area contributed by atoms with Crippen molar-refractivity contribution < 1.29 is 17.9 Å². The van der Waals surface area contributed by atoms with Crippen molar-refractivity contribution in [2.24, 2.45) is 0 Å². The Morgan fingerprint density at radius 3 is 2.69 bits per heavy atom. The molecule has 0 bridgehead atoms. The minimum atomic E-state index is -3.71. The molecule has 3 rings (SSSR count). The van der Waals surface area contributed by atoms with Gasteiger partial charge in [0.25, 0.3) is 0 Å². The van der Waals surface area contributed by atoms with Crippen molar-refractivity contribution in [3.63, 3.8) is 0 Å². The lowest BCUT2D eigenvalue weighted by molar-refractivity contribution is 0.0511. The molecule has 0 N–H and O–H groups in total. The standard InChI is InChI=1S/C18H25N3O4S/c1-5-25-18(22)16-11-17(14(4)21(16)13(2)3)26(23,24)20-10-9-19-8-6-7-15(19)12-20/h6-8,11,13H,5,9-10,12H2,1-4H3. The molecule has 2 aromatic rings. The number of aromatic nitrogens is 2. The van der Waals surface area contributed by atoms with E-state index in [1.807, 2.05) is 32.2 Å². The summed E-state index contributed by atoms with van der Waals surface area (Å²) in [5, 5.41) is 0. The van der Waals surface area contributed by atoms with Crippen LogP contribution in [-0.4, -0.2) is 41.0 Å². The number of hydrogen-bond donors (Lipinski definition) is 0. The summed E-state index contributed by atoms with van der Waals surface area (Å²) in [6.07, 6.45) is 1.96. The maximum atomic E-state index is 13.3. The molecule has 0 saturated heterocycles. The Morgan fingerprint density at radius 1 is 1.31 bits per heavy atom. The van der Waals surface area contributed by atoms with E-state index in [4.69, 9.17) is 4.74 Å². The number of fused-ring (bicyclic) bond motifs is 1. The summed E-state index contributed by atoms with van der Waals surface area (Å²) in [7, 11) is -3.71. The summed E-state index contributed by atoms with van der Waals surface area (Å²) in [4.78, 5) is 12.5. The van der Waals surface area contributed by atoms with Gasteiger partial charge < -0.3 is 13.9 Å². The number of rotatable bonds is 5. The Hall–Kier alpha value is -2.06. The summed E-state index contributed by atoms with van der Waals surface area (Å²) >= 11 is 0. The Kier molecular flexibility index (Phi) is 4.98. The van der Waals surface area contributed by atoms with E-state index in [-0.39, 0.29) is 23.2 Å². The van der Waals surface area contributed by atoms with E-state index in [2.05, 4.69) is 4.57 Å². The fraction of sp³-hybridized carbons (Fsp3) is 0.500. The summed E-state index contributed by atoms with van der Waals surface area (Å²) < 4.78 is 36.9. The number of carbonyl (C=O) groups excluding carboxylic acids is 1. The SMILES string of the molecule is CCOC(=O)c1cc(S(=O)(=O)N2CCn3cccc3C2)c(C)n1C(C)C. The van der Waals surface area contributed by atoms with Crippen molar-refractivity contribution in [3.8, 4) is 0 Å². The Bertz CT molecular complexity index is 924. The minimum Gasteiger partial charge on any atom is -0.461 e. The van der Waals surface area contributed by atoms with Gasteiger partial charge in [-0.15, -0.1) is 0 Å². The number of sulfonamides is 1. The number of nitrogens with zero attached hydrogens (tertiary/aromatic N) is 3. The van der Waals surface area contributed by atoms with Crippen LogP contribution in [0.5, 0.6) is 0 Å². The van der Waals surface area contributed by atoms with Crippen LogP contribution in [0.15, 0.2) is 29.3 Å². The highest BCUT2D eigenvalue weighted by atomic mass is 32.2. The molecule has 0 atom stereocenters. The molecule has 0 radical (unpaired) electrons. The molecule has 0 fully saturated rings. The van der Waals surface area contributed by atoms with Gasteiger partial charge in [-0.3, -0.25) is 0 Å². The summed E-state index contributed by atoms with van der Waals surface area (Å²) in [6.45, 7) is 8.90. The van der Waals surface area contributed by atoms with E-state index in [0.717, 1.165) is 5.69 Å². The quantitative estimate of drug-likeness (QED) is 0.749. The van der Waals surface area contributed by atoms with Crippen LogP contribution in [0.2, 0.25) is 0 Å². The van der Waals surface area contributed by atoms with Gasteiger partial charge in [0.2, 0.25) is 10.0 Å². The van der Waals surface area contributed by atoms with Crippen LogP contribution >= 0.6 is 0 Å². The third-order valence-electron chi connectivity index (χ3n) is 4.72. The lowest BCUT2D eigenvalue weighted by Gasteiger charge is -2.28. The van der Waals surface area contributed by atoms with Crippen molar-refractivity contribution in [3.05, 3.63) is 41.5 Å². The van der Waals surface area contributed by atoms with Crippen LogP contribution in [0.3, 0.4) is 0 Å². The molecule has 0 unspecified atom stereocenters. The fourth-order valence-corrected chi connectivity index (χ4v) is 5.16. The van der Waals surface area contributed by atoms with Gasteiger partial charge in [-0.2, -0.15) is 4.31 Å². The second kappa shape index (κ2) is 6.92. The van der Waals surface area contributed by atoms with Crippen molar-refractivity contribution in [1.29, 1.82) is 0 Å². The predicted molar refractivity (Wildman–Crippen MR) is 97.5 cm³/mol. The lowest BCUT2D eigenvalue weighted by atomic mass is 10.3. The molecule has 0 aliphatic carbocycles. The molecule has 0 saturated carbocycles. The normalized spacial score (nSPS) is 15.3. The van der Waals surface area contributed by atoms with Crippen LogP contribution in [-0.2, 0) is 27.8 Å². The molecular weight excluding hydrogens is 354 g/mol. The molecule has 7 nitrogen and oxygen atoms in total.